The molecule has 1 rings (SSSR count). The van der Waals surface area contributed by atoms with Crippen molar-refractivity contribution in [1.82, 2.24) is 5.01 Å². The SMILES string of the molecule is NC1C=NC=CN1N. The molecule has 1 aliphatic rings. The molecule has 0 amide bonds. The van der Waals surface area contributed by atoms with Crippen molar-refractivity contribution in [2.75, 3.05) is 0 Å². The van der Waals surface area contributed by atoms with Crippen LogP contribution in [0.15, 0.2) is 17.4 Å². The lowest BCUT2D eigenvalue weighted by Gasteiger charge is -2.19. The number of nitrogens with two attached hydrogens (primary N) is 2. The van der Waals surface area contributed by atoms with Gasteiger partial charge in [-0.2, -0.15) is 0 Å². The Balaban J connectivity index is 2.59. The zero-order valence-electron chi connectivity index (χ0n) is 4.36. The normalized spacial score (nSPS) is 26.8. The van der Waals surface area contributed by atoms with Crippen LogP contribution >= 0.6 is 0 Å². The molecule has 1 unspecified atom stereocenters. The lowest BCUT2D eigenvalue weighted by atomic mass is 10.5. The molecule has 0 radical (unpaired) electrons. The van der Waals surface area contributed by atoms with Gasteiger partial charge in [-0.05, 0) is 0 Å². The van der Waals surface area contributed by atoms with Crippen LogP contribution in [-0.2, 0) is 0 Å². The average molecular weight is 112 g/mol. The molecule has 0 aromatic rings. The van der Waals surface area contributed by atoms with Gasteiger partial charge < -0.3 is 5.73 Å². The van der Waals surface area contributed by atoms with Crippen LogP contribution in [0.25, 0.3) is 0 Å². The second-order valence-corrected chi connectivity index (χ2v) is 1.53. The third kappa shape index (κ3) is 0.853. The molecular weight excluding hydrogens is 104 g/mol. The van der Waals surface area contributed by atoms with Crippen molar-refractivity contribution >= 4 is 6.21 Å². The Morgan fingerprint density at radius 1 is 1.62 bits per heavy atom. The minimum Gasteiger partial charge on any atom is -0.306 e. The van der Waals surface area contributed by atoms with E-state index in [4.69, 9.17) is 11.6 Å². The van der Waals surface area contributed by atoms with E-state index in [0.29, 0.717) is 0 Å². The Kier molecular flexibility index (Phi) is 1.27. The summed E-state index contributed by atoms with van der Waals surface area (Å²) in [6.45, 7) is 0. The lowest BCUT2D eigenvalue weighted by molar-refractivity contribution is 0.355. The van der Waals surface area contributed by atoms with Crippen molar-refractivity contribution in [1.29, 1.82) is 0 Å². The maximum Gasteiger partial charge on any atom is 0.127 e. The minimum absolute atomic E-state index is 0.264. The van der Waals surface area contributed by atoms with Gasteiger partial charge in [-0.1, -0.05) is 0 Å². The summed E-state index contributed by atoms with van der Waals surface area (Å²) in [7, 11) is 0. The van der Waals surface area contributed by atoms with E-state index in [1.54, 1.807) is 18.6 Å². The standard InChI is InChI=1S/C4H8N4/c5-4-3-7-1-2-8(4)6/h1-4H,5-6H2. The van der Waals surface area contributed by atoms with Crippen molar-refractivity contribution in [2.24, 2.45) is 16.6 Å². The van der Waals surface area contributed by atoms with E-state index >= 15 is 0 Å². The fourth-order valence-electron chi connectivity index (χ4n) is 0.430. The van der Waals surface area contributed by atoms with Gasteiger partial charge in [-0.25, -0.2) is 5.84 Å². The largest absolute Gasteiger partial charge is 0.306 e. The molecule has 0 aromatic carbocycles. The van der Waals surface area contributed by atoms with Crippen LogP contribution in [0.2, 0.25) is 0 Å². The van der Waals surface area contributed by atoms with E-state index in [2.05, 4.69) is 4.99 Å². The van der Waals surface area contributed by atoms with Gasteiger partial charge in [0.2, 0.25) is 0 Å². The predicted octanol–water partition coefficient (Wildman–Crippen LogP) is -0.998. The number of hydrazine groups is 1. The summed E-state index contributed by atoms with van der Waals surface area (Å²) < 4.78 is 0. The Bertz CT molecular complexity index is 112. The molecule has 8 heavy (non-hydrogen) atoms. The van der Waals surface area contributed by atoms with Crippen LogP contribution in [0.1, 0.15) is 0 Å². The first-order valence-corrected chi connectivity index (χ1v) is 2.29. The van der Waals surface area contributed by atoms with Crippen LogP contribution in [0, 0.1) is 0 Å². The van der Waals surface area contributed by atoms with E-state index < -0.39 is 0 Å². The second-order valence-electron chi connectivity index (χ2n) is 1.53. The second kappa shape index (κ2) is 1.94. The molecule has 4 heteroatoms. The van der Waals surface area contributed by atoms with Gasteiger partial charge in [0.05, 0.1) is 0 Å². The van der Waals surface area contributed by atoms with Gasteiger partial charge >= 0.3 is 0 Å². The predicted molar refractivity (Wildman–Crippen MR) is 31.6 cm³/mol. The van der Waals surface area contributed by atoms with Crippen molar-refractivity contribution in [3.63, 3.8) is 0 Å². The molecule has 0 aromatic heterocycles. The molecule has 4 N–H and O–H groups in total. The maximum absolute atomic E-state index is 5.38. The Morgan fingerprint density at radius 2 is 2.38 bits per heavy atom. The highest BCUT2D eigenvalue weighted by molar-refractivity contribution is 5.65. The molecule has 44 valence electrons. The fourth-order valence-corrected chi connectivity index (χ4v) is 0.430. The Morgan fingerprint density at radius 3 is 2.75 bits per heavy atom. The molecule has 0 saturated carbocycles. The summed E-state index contributed by atoms with van der Waals surface area (Å²) in [4.78, 5) is 3.76. The summed E-state index contributed by atoms with van der Waals surface area (Å²) in [6, 6.07) is 0. The zero-order valence-corrected chi connectivity index (χ0v) is 4.36. The lowest BCUT2D eigenvalue weighted by Crippen LogP contribution is -2.45. The third-order valence-electron chi connectivity index (χ3n) is 0.908. The van der Waals surface area contributed by atoms with Gasteiger partial charge in [0, 0.05) is 18.6 Å². The topological polar surface area (TPSA) is 67.6 Å². The molecule has 4 nitrogen and oxygen atoms in total. The zero-order chi connectivity index (χ0) is 5.98. The van der Waals surface area contributed by atoms with Crippen LogP contribution in [0.4, 0.5) is 0 Å². The minimum atomic E-state index is -0.264. The molecule has 0 aliphatic carbocycles. The number of hydrogen-bond donors (Lipinski definition) is 2. The monoisotopic (exact) mass is 112 g/mol. The number of rotatable bonds is 0. The molecule has 0 spiro atoms. The van der Waals surface area contributed by atoms with Gasteiger partial charge in [0.15, 0.2) is 0 Å². The van der Waals surface area contributed by atoms with Crippen molar-refractivity contribution in [3.05, 3.63) is 12.4 Å². The van der Waals surface area contributed by atoms with Crippen LogP contribution in [0.5, 0.6) is 0 Å². The molecule has 0 bridgehead atoms. The van der Waals surface area contributed by atoms with Crippen molar-refractivity contribution in [3.8, 4) is 0 Å². The number of nitrogens with zero attached hydrogens (tertiary/aromatic N) is 2. The Hall–Kier alpha value is -0.870. The molecule has 1 aliphatic heterocycles. The number of aliphatic imine (C=N–C) groups is 1. The summed E-state index contributed by atoms with van der Waals surface area (Å²) in [6.07, 6.45) is 4.51. The van der Waals surface area contributed by atoms with E-state index in [1.165, 1.54) is 5.01 Å². The van der Waals surface area contributed by atoms with Gasteiger partial charge in [0.1, 0.15) is 6.17 Å². The van der Waals surface area contributed by atoms with Crippen molar-refractivity contribution in [2.45, 2.75) is 6.17 Å². The Labute approximate surface area is 47.4 Å². The maximum atomic E-state index is 5.38. The summed E-state index contributed by atoms with van der Waals surface area (Å²) in [5.41, 5.74) is 5.38. The first-order chi connectivity index (χ1) is 3.80. The van der Waals surface area contributed by atoms with E-state index in [1.807, 2.05) is 0 Å². The van der Waals surface area contributed by atoms with Gasteiger partial charge in [-0.15, -0.1) is 0 Å². The highest BCUT2D eigenvalue weighted by Crippen LogP contribution is 1.90. The molecular formula is C4H8N4. The first kappa shape index (κ1) is 5.27. The van der Waals surface area contributed by atoms with Crippen LogP contribution < -0.4 is 11.6 Å². The van der Waals surface area contributed by atoms with Crippen LogP contribution in [-0.4, -0.2) is 17.4 Å². The molecule has 0 fully saturated rings. The quantitative estimate of drug-likeness (QED) is 0.395. The highest BCUT2D eigenvalue weighted by Gasteiger charge is 2.03. The molecule has 0 saturated heterocycles. The molecule has 1 atom stereocenters. The smallest absolute Gasteiger partial charge is 0.127 e. The van der Waals surface area contributed by atoms with E-state index in [9.17, 15) is 0 Å². The van der Waals surface area contributed by atoms with E-state index in [0.717, 1.165) is 0 Å². The summed E-state index contributed by atoms with van der Waals surface area (Å²) >= 11 is 0. The van der Waals surface area contributed by atoms with Gasteiger partial charge in [0.25, 0.3) is 0 Å². The summed E-state index contributed by atoms with van der Waals surface area (Å²) in [5, 5.41) is 1.38. The average Bonchev–Trinajstić information content (AvgIpc) is 1.77. The number of hydrogen-bond acceptors (Lipinski definition) is 4. The van der Waals surface area contributed by atoms with Gasteiger partial charge in [-0.3, -0.25) is 10.0 Å². The van der Waals surface area contributed by atoms with E-state index in [-0.39, 0.29) is 6.17 Å². The fraction of sp³-hybridized carbons (Fsp3) is 0.250. The first-order valence-electron chi connectivity index (χ1n) is 2.29. The highest BCUT2D eigenvalue weighted by atomic mass is 15.4. The van der Waals surface area contributed by atoms with Crippen LogP contribution in [0.3, 0.4) is 0 Å². The van der Waals surface area contributed by atoms with Crippen molar-refractivity contribution < 1.29 is 0 Å². The molecule has 1 heterocycles. The third-order valence-corrected chi connectivity index (χ3v) is 0.908. The summed E-state index contributed by atoms with van der Waals surface area (Å²) in [5.74, 6) is 5.31.